The fraction of sp³-hybridized carbons (Fsp3) is 0.350. The first kappa shape index (κ1) is 18.8. The first-order chi connectivity index (χ1) is 13.0. The van der Waals surface area contributed by atoms with Crippen molar-refractivity contribution in [3.63, 3.8) is 0 Å². The topological polar surface area (TPSA) is 105 Å². The summed E-state index contributed by atoms with van der Waals surface area (Å²) in [5.74, 6) is 0.141. The number of aliphatic hydroxyl groups is 1. The van der Waals surface area contributed by atoms with Crippen LogP contribution in [-0.4, -0.2) is 42.1 Å². The number of hydrogen-bond donors (Lipinski definition) is 3. The Kier molecular flexibility index (Phi) is 5.41. The van der Waals surface area contributed by atoms with Crippen molar-refractivity contribution < 1.29 is 34.3 Å². The Hall–Kier alpha value is -2.93. The van der Waals surface area contributed by atoms with Crippen LogP contribution in [0, 0.1) is 0 Å². The maximum Gasteiger partial charge on any atom is 0.303 e. The van der Waals surface area contributed by atoms with E-state index in [0.29, 0.717) is 23.7 Å². The second-order valence-corrected chi connectivity index (χ2v) is 6.37. The van der Waals surface area contributed by atoms with Crippen LogP contribution in [0.2, 0.25) is 0 Å². The van der Waals surface area contributed by atoms with E-state index in [0.717, 1.165) is 16.7 Å². The van der Waals surface area contributed by atoms with Gasteiger partial charge >= 0.3 is 5.97 Å². The van der Waals surface area contributed by atoms with Gasteiger partial charge in [0.2, 0.25) is 0 Å². The predicted molar refractivity (Wildman–Crippen MR) is 96.8 cm³/mol. The highest BCUT2D eigenvalue weighted by Crippen LogP contribution is 2.51. The van der Waals surface area contributed by atoms with Gasteiger partial charge in [-0.15, -0.1) is 0 Å². The minimum absolute atomic E-state index is 0.00514. The Bertz CT molecular complexity index is 846. The second-order valence-electron chi connectivity index (χ2n) is 6.37. The number of carboxylic acid groups (broad SMARTS) is 1. The Morgan fingerprint density at radius 1 is 1.15 bits per heavy atom. The Morgan fingerprint density at radius 3 is 2.52 bits per heavy atom. The number of rotatable bonds is 7. The molecule has 3 N–H and O–H groups in total. The molecule has 0 saturated heterocycles. The van der Waals surface area contributed by atoms with Gasteiger partial charge in [-0.2, -0.15) is 0 Å². The van der Waals surface area contributed by atoms with E-state index in [1.165, 1.54) is 20.3 Å². The number of aliphatic carboxylic acids is 1. The summed E-state index contributed by atoms with van der Waals surface area (Å²) in [5, 5.41) is 28.7. The van der Waals surface area contributed by atoms with Crippen LogP contribution in [0.3, 0.4) is 0 Å². The van der Waals surface area contributed by atoms with Crippen LogP contribution in [0.1, 0.15) is 35.1 Å². The summed E-state index contributed by atoms with van der Waals surface area (Å²) in [6, 6.07) is 8.53. The molecular formula is C20H22O7. The SMILES string of the molecule is COc1cc(C2Oc3c(OC)cc(CCC(=O)O)cc3C2CO)ccc1O. The van der Waals surface area contributed by atoms with E-state index in [2.05, 4.69) is 0 Å². The molecule has 144 valence electrons. The lowest BCUT2D eigenvalue weighted by molar-refractivity contribution is -0.136. The molecule has 0 radical (unpaired) electrons. The summed E-state index contributed by atoms with van der Waals surface area (Å²) in [7, 11) is 2.98. The molecule has 1 heterocycles. The number of ether oxygens (including phenoxy) is 3. The largest absolute Gasteiger partial charge is 0.504 e. The molecule has 0 saturated carbocycles. The number of methoxy groups -OCH3 is 2. The minimum Gasteiger partial charge on any atom is -0.504 e. The zero-order valence-electron chi connectivity index (χ0n) is 15.1. The van der Waals surface area contributed by atoms with Gasteiger partial charge in [0.1, 0.15) is 6.10 Å². The van der Waals surface area contributed by atoms with Crippen molar-refractivity contribution >= 4 is 5.97 Å². The number of aryl methyl sites for hydroxylation is 1. The lowest BCUT2D eigenvalue weighted by atomic mass is 9.90. The number of fused-ring (bicyclic) bond motifs is 1. The summed E-state index contributed by atoms with van der Waals surface area (Å²) in [5.41, 5.74) is 2.32. The average Bonchev–Trinajstić information content (AvgIpc) is 3.04. The maximum atomic E-state index is 10.9. The molecule has 0 aromatic heterocycles. The van der Waals surface area contributed by atoms with Crippen LogP contribution >= 0.6 is 0 Å². The van der Waals surface area contributed by atoms with Crippen molar-refractivity contribution in [2.45, 2.75) is 24.9 Å². The lowest BCUT2D eigenvalue weighted by Gasteiger charge is -2.18. The molecule has 7 heteroatoms. The van der Waals surface area contributed by atoms with Crippen molar-refractivity contribution in [1.29, 1.82) is 0 Å². The van der Waals surface area contributed by atoms with Crippen LogP contribution in [0.15, 0.2) is 30.3 Å². The number of phenols is 1. The smallest absolute Gasteiger partial charge is 0.303 e. The number of aliphatic hydroxyl groups excluding tert-OH is 1. The second kappa shape index (κ2) is 7.75. The molecule has 1 aliphatic rings. The van der Waals surface area contributed by atoms with Gasteiger partial charge in [0, 0.05) is 12.0 Å². The van der Waals surface area contributed by atoms with Crippen LogP contribution in [0.25, 0.3) is 0 Å². The summed E-state index contributed by atoms with van der Waals surface area (Å²) in [4.78, 5) is 10.9. The predicted octanol–water partition coefficient (Wildman–Crippen LogP) is 2.64. The lowest BCUT2D eigenvalue weighted by Crippen LogP contribution is -2.13. The minimum atomic E-state index is -0.876. The number of carboxylic acids is 1. The number of aromatic hydroxyl groups is 1. The maximum absolute atomic E-state index is 10.9. The third kappa shape index (κ3) is 3.64. The molecule has 0 amide bonds. The Labute approximate surface area is 156 Å². The highest BCUT2D eigenvalue weighted by molar-refractivity contribution is 5.67. The van der Waals surface area contributed by atoms with E-state index >= 15 is 0 Å². The first-order valence-electron chi connectivity index (χ1n) is 8.55. The van der Waals surface area contributed by atoms with Gasteiger partial charge in [0.05, 0.1) is 26.7 Å². The van der Waals surface area contributed by atoms with Gasteiger partial charge in [-0.3, -0.25) is 4.79 Å². The zero-order chi connectivity index (χ0) is 19.6. The number of benzene rings is 2. The van der Waals surface area contributed by atoms with Gasteiger partial charge < -0.3 is 29.5 Å². The summed E-state index contributed by atoms with van der Waals surface area (Å²) in [6.45, 7) is -0.160. The molecule has 2 atom stereocenters. The fourth-order valence-electron chi connectivity index (χ4n) is 3.37. The van der Waals surface area contributed by atoms with Gasteiger partial charge in [0.25, 0.3) is 0 Å². The van der Waals surface area contributed by atoms with Gasteiger partial charge in [0.15, 0.2) is 23.0 Å². The van der Waals surface area contributed by atoms with Crippen molar-refractivity contribution in [3.05, 3.63) is 47.0 Å². The van der Waals surface area contributed by atoms with E-state index in [9.17, 15) is 15.0 Å². The normalized spacial score (nSPS) is 17.9. The molecule has 0 bridgehead atoms. The van der Waals surface area contributed by atoms with Gasteiger partial charge in [-0.05, 0) is 35.7 Å². The molecule has 1 aliphatic heterocycles. The average molecular weight is 374 g/mol. The molecule has 0 spiro atoms. The van der Waals surface area contributed by atoms with E-state index in [1.54, 1.807) is 18.2 Å². The molecule has 27 heavy (non-hydrogen) atoms. The molecule has 2 aromatic carbocycles. The number of hydrogen-bond acceptors (Lipinski definition) is 6. The van der Waals surface area contributed by atoms with Crippen LogP contribution < -0.4 is 14.2 Å². The summed E-state index contributed by atoms with van der Waals surface area (Å²) < 4.78 is 16.7. The van der Waals surface area contributed by atoms with Crippen molar-refractivity contribution in [1.82, 2.24) is 0 Å². The fourth-order valence-corrected chi connectivity index (χ4v) is 3.37. The van der Waals surface area contributed by atoms with Crippen LogP contribution in [0.5, 0.6) is 23.0 Å². The number of phenolic OH excluding ortho intramolecular Hbond substituents is 1. The van der Waals surface area contributed by atoms with Crippen molar-refractivity contribution in [2.75, 3.05) is 20.8 Å². The van der Waals surface area contributed by atoms with E-state index < -0.39 is 12.1 Å². The molecule has 3 rings (SSSR count). The van der Waals surface area contributed by atoms with E-state index in [-0.39, 0.29) is 24.7 Å². The van der Waals surface area contributed by atoms with Crippen molar-refractivity contribution in [3.8, 4) is 23.0 Å². The van der Waals surface area contributed by atoms with Gasteiger partial charge in [-0.1, -0.05) is 12.1 Å². The first-order valence-corrected chi connectivity index (χ1v) is 8.55. The van der Waals surface area contributed by atoms with Gasteiger partial charge in [-0.25, -0.2) is 0 Å². The third-order valence-electron chi connectivity index (χ3n) is 4.73. The molecule has 2 aromatic rings. The van der Waals surface area contributed by atoms with Crippen LogP contribution in [0.4, 0.5) is 0 Å². The molecular weight excluding hydrogens is 352 g/mol. The highest BCUT2D eigenvalue weighted by atomic mass is 16.5. The highest BCUT2D eigenvalue weighted by Gasteiger charge is 2.38. The number of carbonyl (C=O) groups is 1. The molecule has 7 nitrogen and oxygen atoms in total. The molecule has 0 fully saturated rings. The van der Waals surface area contributed by atoms with E-state index in [1.807, 2.05) is 6.07 Å². The third-order valence-corrected chi connectivity index (χ3v) is 4.73. The molecule has 2 unspecified atom stereocenters. The Balaban J connectivity index is 1.99. The Morgan fingerprint density at radius 2 is 1.89 bits per heavy atom. The quantitative estimate of drug-likeness (QED) is 0.684. The van der Waals surface area contributed by atoms with E-state index in [4.69, 9.17) is 19.3 Å². The van der Waals surface area contributed by atoms with Crippen LogP contribution in [-0.2, 0) is 11.2 Å². The molecule has 0 aliphatic carbocycles. The zero-order valence-corrected chi connectivity index (χ0v) is 15.1. The monoisotopic (exact) mass is 374 g/mol. The standard InChI is InChI=1S/C20H22O7/c1-25-16-9-12(4-5-15(16)22)19-14(10-21)13-7-11(3-6-18(23)24)8-17(26-2)20(13)27-19/h4-5,7-9,14,19,21-22H,3,6,10H2,1-2H3,(H,23,24). The van der Waals surface area contributed by atoms with Crippen molar-refractivity contribution in [2.24, 2.45) is 0 Å². The summed E-state index contributed by atoms with van der Waals surface area (Å²) in [6.07, 6.45) is -0.122. The summed E-state index contributed by atoms with van der Waals surface area (Å²) >= 11 is 0.